The minimum absolute atomic E-state index is 0.00621. The molecule has 220 valence electrons. The molecule has 2 heterocycles. The lowest BCUT2D eigenvalue weighted by Crippen LogP contribution is -2.49. The second-order valence-electron chi connectivity index (χ2n) is 12.3. The maximum Gasteiger partial charge on any atom is 0.264 e. The number of carbonyl (C=O) groups is 1. The molecule has 2 aromatic carbocycles. The van der Waals surface area contributed by atoms with Crippen LogP contribution in [0.1, 0.15) is 56.6 Å². The van der Waals surface area contributed by atoms with Gasteiger partial charge in [0.25, 0.3) is 10.0 Å². The molecule has 9 heteroatoms. The number of benzene rings is 2. The zero-order valence-corrected chi connectivity index (χ0v) is 25.3. The standard InChI is InChI=1S/C32H39ClN2O5S/c1-21-6-3-4-8-29(39-2)26-12-9-23(26)18-35-19-32(15-5-7-22-16-24(33)10-13-27(22)32)20-40-30-14-11-25(17-28(30)35)41(37,38)34-31(21)36/h4,8,10-11,13-14,16-17,21,23,26,29H,3,5-7,9,12,15,18-20H2,1-2H3,(H,34,36)/t21-,23+,26-,29+,32+/m1/s1. The number of allylic oxidation sites excluding steroid dienone is 1. The summed E-state index contributed by atoms with van der Waals surface area (Å²) in [5.74, 6) is 0.500. The quantitative estimate of drug-likeness (QED) is 0.427. The number of nitrogens with one attached hydrogen (secondary N) is 1. The number of hydrogen-bond donors (Lipinski definition) is 1. The second kappa shape index (κ2) is 11.3. The highest BCUT2D eigenvalue weighted by Crippen LogP contribution is 2.47. The molecule has 0 radical (unpaired) electrons. The Morgan fingerprint density at radius 3 is 2.78 bits per heavy atom. The minimum Gasteiger partial charge on any atom is -0.490 e. The van der Waals surface area contributed by atoms with Gasteiger partial charge in [-0.3, -0.25) is 4.79 Å². The Hall–Kier alpha value is -2.55. The SMILES string of the molecule is CO[C@H]1C=CCC[C@@H](C)C(=O)NS(=O)(=O)c2ccc3c(c2)N(C[C@@H]2CC[C@H]21)C[C@@]1(CCCc2cc(Cl)ccc21)CO3. The molecule has 6 rings (SSSR count). The topological polar surface area (TPSA) is 84.9 Å². The molecule has 1 saturated carbocycles. The van der Waals surface area contributed by atoms with Crippen molar-refractivity contribution in [2.45, 2.75) is 68.3 Å². The summed E-state index contributed by atoms with van der Waals surface area (Å²) >= 11 is 6.39. The number of sulfonamides is 1. The Kier molecular flexibility index (Phi) is 7.85. The Morgan fingerprint density at radius 1 is 1.15 bits per heavy atom. The van der Waals surface area contributed by atoms with Crippen LogP contribution in [0.3, 0.4) is 0 Å². The summed E-state index contributed by atoms with van der Waals surface area (Å²) in [4.78, 5) is 15.3. The van der Waals surface area contributed by atoms with Crippen LogP contribution >= 0.6 is 11.6 Å². The third-order valence-electron chi connectivity index (χ3n) is 9.72. The molecule has 0 unspecified atom stereocenters. The van der Waals surface area contributed by atoms with Gasteiger partial charge in [-0.1, -0.05) is 36.7 Å². The third kappa shape index (κ3) is 5.51. The van der Waals surface area contributed by atoms with E-state index in [-0.39, 0.29) is 16.4 Å². The smallest absolute Gasteiger partial charge is 0.264 e. The molecule has 2 aromatic rings. The molecular weight excluding hydrogens is 560 g/mol. The Labute approximate surface area is 248 Å². The highest BCUT2D eigenvalue weighted by Gasteiger charge is 2.44. The van der Waals surface area contributed by atoms with Crippen LogP contribution < -0.4 is 14.4 Å². The van der Waals surface area contributed by atoms with E-state index in [0.717, 1.165) is 49.4 Å². The first-order valence-electron chi connectivity index (χ1n) is 14.8. The molecule has 7 nitrogen and oxygen atoms in total. The van der Waals surface area contributed by atoms with Gasteiger partial charge in [0.2, 0.25) is 5.91 Å². The summed E-state index contributed by atoms with van der Waals surface area (Å²) in [5, 5.41) is 0.742. The highest BCUT2D eigenvalue weighted by atomic mass is 35.5. The van der Waals surface area contributed by atoms with Crippen molar-refractivity contribution < 1.29 is 22.7 Å². The molecule has 0 saturated heterocycles. The number of aryl methyl sites for hydroxylation is 1. The zero-order valence-electron chi connectivity index (χ0n) is 23.8. The van der Waals surface area contributed by atoms with Gasteiger partial charge in [0, 0.05) is 36.6 Å². The summed E-state index contributed by atoms with van der Waals surface area (Å²) in [6.45, 7) is 3.74. The van der Waals surface area contributed by atoms with Crippen LogP contribution in [0.15, 0.2) is 53.4 Å². The second-order valence-corrected chi connectivity index (χ2v) is 14.4. The van der Waals surface area contributed by atoms with E-state index in [9.17, 15) is 13.2 Å². The van der Waals surface area contributed by atoms with Crippen molar-refractivity contribution in [3.05, 3.63) is 64.7 Å². The zero-order chi connectivity index (χ0) is 28.8. The normalized spacial score (nSPS) is 31.2. The van der Waals surface area contributed by atoms with E-state index in [2.05, 4.69) is 33.9 Å². The van der Waals surface area contributed by atoms with Crippen LogP contribution in [0.25, 0.3) is 0 Å². The monoisotopic (exact) mass is 598 g/mol. The average molecular weight is 599 g/mol. The van der Waals surface area contributed by atoms with E-state index in [4.69, 9.17) is 21.1 Å². The van der Waals surface area contributed by atoms with Crippen molar-refractivity contribution in [1.29, 1.82) is 0 Å². The van der Waals surface area contributed by atoms with Crippen LogP contribution in [-0.2, 0) is 31.4 Å². The number of ether oxygens (including phenoxy) is 2. The van der Waals surface area contributed by atoms with Gasteiger partial charge in [-0.2, -0.15) is 0 Å². The number of anilines is 1. The number of rotatable bonds is 1. The van der Waals surface area contributed by atoms with E-state index in [1.54, 1.807) is 32.2 Å². The predicted molar refractivity (Wildman–Crippen MR) is 160 cm³/mol. The molecule has 2 bridgehead atoms. The molecule has 1 spiro atoms. The largest absolute Gasteiger partial charge is 0.490 e. The molecule has 2 aliphatic carbocycles. The summed E-state index contributed by atoms with van der Waals surface area (Å²) < 4.78 is 41.6. The van der Waals surface area contributed by atoms with Crippen LogP contribution in [0.2, 0.25) is 5.02 Å². The number of halogens is 1. The van der Waals surface area contributed by atoms with E-state index >= 15 is 0 Å². The van der Waals surface area contributed by atoms with Crippen molar-refractivity contribution >= 4 is 33.2 Å². The first-order chi connectivity index (χ1) is 19.7. The first kappa shape index (κ1) is 28.6. The average Bonchev–Trinajstić information content (AvgIpc) is 3.08. The maximum atomic E-state index is 13.4. The van der Waals surface area contributed by atoms with Crippen molar-refractivity contribution in [3.63, 3.8) is 0 Å². The predicted octanol–water partition coefficient (Wildman–Crippen LogP) is 5.65. The Balaban J connectivity index is 1.44. The molecule has 41 heavy (non-hydrogen) atoms. The van der Waals surface area contributed by atoms with Gasteiger partial charge in [-0.15, -0.1) is 0 Å². The van der Waals surface area contributed by atoms with Gasteiger partial charge in [-0.05, 0) is 98.2 Å². The number of hydrogen-bond acceptors (Lipinski definition) is 6. The lowest BCUT2D eigenvalue weighted by Gasteiger charge is -2.46. The van der Waals surface area contributed by atoms with Crippen LogP contribution in [0.5, 0.6) is 5.75 Å². The lowest BCUT2D eigenvalue weighted by molar-refractivity contribution is -0.122. The fraction of sp³-hybridized carbons (Fsp3) is 0.531. The molecule has 1 N–H and O–H groups in total. The molecular formula is C32H39ClN2O5S. The Morgan fingerprint density at radius 2 is 2.00 bits per heavy atom. The molecule has 1 amide bonds. The van der Waals surface area contributed by atoms with E-state index < -0.39 is 21.8 Å². The fourth-order valence-corrected chi connectivity index (χ4v) is 8.49. The summed E-state index contributed by atoms with van der Waals surface area (Å²) in [6.07, 6.45) is 10.6. The van der Waals surface area contributed by atoms with Crippen molar-refractivity contribution in [2.24, 2.45) is 17.8 Å². The first-order valence-corrected chi connectivity index (χ1v) is 16.6. The molecule has 5 atom stereocenters. The molecule has 0 aromatic heterocycles. The van der Waals surface area contributed by atoms with Gasteiger partial charge in [0.15, 0.2) is 0 Å². The lowest BCUT2D eigenvalue weighted by atomic mass is 9.68. The number of fused-ring (bicyclic) bond motifs is 4. The van der Waals surface area contributed by atoms with Gasteiger partial charge < -0.3 is 14.4 Å². The van der Waals surface area contributed by atoms with Crippen molar-refractivity contribution in [2.75, 3.05) is 31.7 Å². The number of methoxy groups -OCH3 is 1. The number of nitrogens with zero attached hydrogens (tertiary/aromatic N) is 1. The number of carbonyl (C=O) groups excluding carboxylic acids is 1. The van der Waals surface area contributed by atoms with E-state index in [1.165, 1.54) is 11.1 Å². The molecule has 1 fully saturated rings. The Bertz CT molecular complexity index is 1460. The van der Waals surface area contributed by atoms with Gasteiger partial charge in [0.1, 0.15) is 5.75 Å². The van der Waals surface area contributed by atoms with Crippen LogP contribution in [0, 0.1) is 17.8 Å². The van der Waals surface area contributed by atoms with Gasteiger partial charge in [-0.25, -0.2) is 13.1 Å². The molecule has 2 aliphatic heterocycles. The van der Waals surface area contributed by atoms with Crippen molar-refractivity contribution in [3.8, 4) is 5.75 Å². The van der Waals surface area contributed by atoms with Crippen LogP contribution in [-0.4, -0.2) is 47.2 Å². The van der Waals surface area contributed by atoms with E-state index in [0.29, 0.717) is 43.6 Å². The fourth-order valence-electron chi connectivity index (χ4n) is 7.19. The summed E-state index contributed by atoms with van der Waals surface area (Å²) in [5.41, 5.74) is 3.04. The van der Waals surface area contributed by atoms with E-state index in [1.807, 2.05) is 6.07 Å². The maximum absolute atomic E-state index is 13.4. The molecule has 4 aliphatic rings. The minimum atomic E-state index is -4.05. The van der Waals surface area contributed by atoms with Gasteiger partial charge in [0.05, 0.1) is 23.3 Å². The summed E-state index contributed by atoms with van der Waals surface area (Å²) in [6, 6.07) is 11.2. The third-order valence-corrected chi connectivity index (χ3v) is 11.3. The number of amides is 1. The summed E-state index contributed by atoms with van der Waals surface area (Å²) in [7, 11) is -2.28. The van der Waals surface area contributed by atoms with Crippen LogP contribution in [0.4, 0.5) is 5.69 Å². The van der Waals surface area contributed by atoms with Gasteiger partial charge >= 0.3 is 0 Å². The van der Waals surface area contributed by atoms with Crippen molar-refractivity contribution in [1.82, 2.24) is 4.72 Å². The highest BCUT2D eigenvalue weighted by molar-refractivity contribution is 7.90.